The maximum absolute atomic E-state index is 13.3. The van der Waals surface area contributed by atoms with E-state index in [1.54, 1.807) is 18.2 Å². The van der Waals surface area contributed by atoms with E-state index in [1.165, 1.54) is 6.07 Å². The molecule has 0 amide bonds. The molecule has 98 valence electrons. The first-order valence-corrected chi connectivity index (χ1v) is 6.88. The summed E-state index contributed by atoms with van der Waals surface area (Å²) in [7, 11) is 0. The fourth-order valence-electron chi connectivity index (χ4n) is 1.81. The van der Waals surface area contributed by atoms with Crippen molar-refractivity contribution in [3.8, 4) is 0 Å². The smallest absolute Gasteiger partial charge is 0.168 e. The predicted octanol–water partition coefficient (Wildman–Crippen LogP) is 4.98. The van der Waals surface area contributed by atoms with Crippen LogP contribution in [0.4, 0.5) is 4.39 Å². The SMILES string of the molecule is Cc1ccc(Br)c(C(=O)Cc2cccc(F)c2Cl)c1. The first kappa shape index (κ1) is 14.2. The number of halogens is 3. The highest BCUT2D eigenvalue weighted by Crippen LogP contribution is 2.24. The van der Waals surface area contributed by atoms with E-state index in [1.807, 2.05) is 19.1 Å². The highest BCUT2D eigenvalue weighted by atomic mass is 79.9. The van der Waals surface area contributed by atoms with Gasteiger partial charge in [0.05, 0.1) is 5.02 Å². The van der Waals surface area contributed by atoms with Crippen molar-refractivity contribution in [3.63, 3.8) is 0 Å². The molecular weight excluding hydrogens is 331 g/mol. The second-order valence-electron chi connectivity index (χ2n) is 4.30. The third-order valence-electron chi connectivity index (χ3n) is 2.80. The summed E-state index contributed by atoms with van der Waals surface area (Å²) >= 11 is 9.21. The number of benzene rings is 2. The lowest BCUT2D eigenvalue weighted by molar-refractivity contribution is 0.0992. The normalized spacial score (nSPS) is 10.5. The quantitative estimate of drug-likeness (QED) is 0.720. The van der Waals surface area contributed by atoms with Gasteiger partial charge in [0.2, 0.25) is 0 Å². The summed E-state index contributed by atoms with van der Waals surface area (Å²) < 4.78 is 14.1. The van der Waals surface area contributed by atoms with Gasteiger partial charge in [0.15, 0.2) is 5.78 Å². The number of hydrogen-bond acceptors (Lipinski definition) is 1. The van der Waals surface area contributed by atoms with Crippen LogP contribution in [0.2, 0.25) is 5.02 Å². The van der Waals surface area contributed by atoms with E-state index in [2.05, 4.69) is 15.9 Å². The topological polar surface area (TPSA) is 17.1 Å². The Morgan fingerprint density at radius 2 is 2.05 bits per heavy atom. The molecule has 0 aliphatic carbocycles. The zero-order valence-electron chi connectivity index (χ0n) is 10.2. The molecule has 0 unspecified atom stereocenters. The van der Waals surface area contributed by atoms with Crippen LogP contribution in [0, 0.1) is 12.7 Å². The molecular formula is C15H11BrClFO. The molecule has 0 aliphatic heterocycles. The molecule has 0 radical (unpaired) electrons. The molecule has 0 atom stereocenters. The lowest BCUT2D eigenvalue weighted by Gasteiger charge is -2.07. The molecule has 0 N–H and O–H groups in total. The summed E-state index contributed by atoms with van der Waals surface area (Å²) in [5.74, 6) is -0.599. The Morgan fingerprint density at radius 1 is 1.32 bits per heavy atom. The molecule has 0 aliphatic rings. The van der Waals surface area contributed by atoms with E-state index in [4.69, 9.17) is 11.6 Å². The van der Waals surface area contributed by atoms with Gasteiger partial charge in [-0.2, -0.15) is 0 Å². The predicted molar refractivity (Wildman–Crippen MR) is 78.3 cm³/mol. The van der Waals surface area contributed by atoms with Gasteiger partial charge in [-0.15, -0.1) is 0 Å². The number of aryl methyl sites for hydroxylation is 1. The number of hydrogen-bond donors (Lipinski definition) is 0. The number of rotatable bonds is 3. The van der Waals surface area contributed by atoms with Gasteiger partial charge in [-0.1, -0.05) is 51.3 Å². The molecule has 2 rings (SSSR count). The molecule has 0 spiro atoms. The van der Waals surface area contributed by atoms with Gasteiger partial charge >= 0.3 is 0 Å². The van der Waals surface area contributed by atoms with E-state index < -0.39 is 5.82 Å². The van der Waals surface area contributed by atoms with Crippen LogP contribution in [-0.2, 0) is 6.42 Å². The summed E-state index contributed by atoms with van der Waals surface area (Å²) in [6, 6.07) is 10.0. The number of carbonyl (C=O) groups is 1. The van der Waals surface area contributed by atoms with Crippen molar-refractivity contribution < 1.29 is 9.18 Å². The maximum Gasteiger partial charge on any atom is 0.168 e. The summed E-state index contributed by atoms with van der Waals surface area (Å²) in [6.45, 7) is 1.92. The van der Waals surface area contributed by atoms with Crippen LogP contribution in [-0.4, -0.2) is 5.78 Å². The van der Waals surface area contributed by atoms with Crippen molar-refractivity contribution in [1.82, 2.24) is 0 Å². The van der Waals surface area contributed by atoms with E-state index in [0.717, 1.165) is 10.0 Å². The van der Waals surface area contributed by atoms with E-state index in [-0.39, 0.29) is 17.2 Å². The molecule has 4 heteroatoms. The highest BCUT2D eigenvalue weighted by molar-refractivity contribution is 9.10. The summed E-state index contributed by atoms with van der Waals surface area (Å²) in [4.78, 5) is 12.2. The minimum Gasteiger partial charge on any atom is -0.294 e. The minimum absolute atomic E-state index is 0.0135. The molecule has 0 heterocycles. The molecule has 0 saturated carbocycles. The van der Waals surface area contributed by atoms with Crippen LogP contribution in [0.15, 0.2) is 40.9 Å². The lowest BCUT2D eigenvalue weighted by atomic mass is 10.0. The second-order valence-corrected chi connectivity index (χ2v) is 5.53. The van der Waals surface area contributed by atoms with Crippen LogP contribution >= 0.6 is 27.5 Å². The average Bonchev–Trinajstić information content (AvgIpc) is 2.38. The van der Waals surface area contributed by atoms with Crippen LogP contribution in [0.5, 0.6) is 0 Å². The Balaban J connectivity index is 2.31. The van der Waals surface area contributed by atoms with E-state index in [0.29, 0.717) is 11.1 Å². The zero-order chi connectivity index (χ0) is 14.0. The minimum atomic E-state index is -0.504. The molecule has 2 aromatic rings. The van der Waals surface area contributed by atoms with Crippen molar-refractivity contribution in [2.75, 3.05) is 0 Å². The summed E-state index contributed by atoms with van der Waals surface area (Å²) in [5, 5.41) is 0.0135. The molecule has 0 bridgehead atoms. The van der Waals surface area contributed by atoms with Crippen LogP contribution < -0.4 is 0 Å². The number of Topliss-reactive ketones (excluding diaryl/α,β-unsaturated/α-hetero) is 1. The maximum atomic E-state index is 13.3. The van der Waals surface area contributed by atoms with Gasteiger partial charge < -0.3 is 0 Å². The Hall–Kier alpha value is -1.19. The van der Waals surface area contributed by atoms with Gasteiger partial charge in [0.1, 0.15) is 5.82 Å². The van der Waals surface area contributed by atoms with Gasteiger partial charge in [0, 0.05) is 16.5 Å². The average molecular weight is 342 g/mol. The van der Waals surface area contributed by atoms with Gasteiger partial charge in [0.25, 0.3) is 0 Å². The molecule has 1 nitrogen and oxygen atoms in total. The fraction of sp³-hybridized carbons (Fsp3) is 0.133. The van der Waals surface area contributed by atoms with Crippen molar-refractivity contribution in [2.24, 2.45) is 0 Å². The molecule has 0 aromatic heterocycles. The van der Waals surface area contributed by atoms with E-state index in [9.17, 15) is 9.18 Å². The molecule has 19 heavy (non-hydrogen) atoms. The number of ketones is 1. The Kier molecular flexibility index (Phi) is 4.38. The van der Waals surface area contributed by atoms with Gasteiger partial charge in [-0.3, -0.25) is 4.79 Å². The zero-order valence-corrected chi connectivity index (χ0v) is 12.6. The third-order valence-corrected chi connectivity index (χ3v) is 3.92. The highest BCUT2D eigenvalue weighted by Gasteiger charge is 2.14. The van der Waals surface area contributed by atoms with Crippen molar-refractivity contribution in [3.05, 3.63) is 68.4 Å². The van der Waals surface area contributed by atoms with Gasteiger partial charge in [-0.05, 0) is 30.7 Å². The van der Waals surface area contributed by atoms with Gasteiger partial charge in [-0.25, -0.2) is 4.39 Å². The Labute approximate surface area is 124 Å². The molecule has 2 aromatic carbocycles. The Morgan fingerprint density at radius 3 is 2.79 bits per heavy atom. The fourth-order valence-corrected chi connectivity index (χ4v) is 2.47. The van der Waals surface area contributed by atoms with Crippen molar-refractivity contribution in [2.45, 2.75) is 13.3 Å². The summed E-state index contributed by atoms with van der Waals surface area (Å²) in [6.07, 6.45) is 0.0820. The number of carbonyl (C=O) groups excluding carboxylic acids is 1. The largest absolute Gasteiger partial charge is 0.294 e. The molecule has 0 saturated heterocycles. The Bertz CT molecular complexity index is 640. The van der Waals surface area contributed by atoms with Crippen molar-refractivity contribution in [1.29, 1.82) is 0 Å². The lowest BCUT2D eigenvalue weighted by Crippen LogP contribution is -2.06. The van der Waals surface area contributed by atoms with Crippen LogP contribution in [0.3, 0.4) is 0 Å². The first-order valence-electron chi connectivity index (χ1n) is 5.71. The van der Waals surface area contributed by atoms with E-state index >= 15 is 0 Å². The van der Waals surface area contributed by atoms with Crippen LogP contribution in [0.25, 0.3) is 0 Å². The first-order chi connectivity index (χ1) is 8.99. The summed E-state index contributed by atoms with van der Waals surface area (Å²) in [5.41, 5.74) is 2.08. The second kappa shape index (κ2) is 5.85. The molecule has 0 fully saturated rings. The van der Waals surface area contributed by atoms with Crippen LogP contribution in [0.1, 0.15) is 21.5 Å². The monoisotopic (exact) mass is 340 g/mol. The van der Waals surface area contributed by atoms with Crippen molar-refractivity contribution >= 4 is 33.3 Å². The standard InChI is InChI=1S/C15H11BrClFO/c1-9-5-6-12(16)11(7-9)14(19)8-10-3-2-4-13(18)15(10)17/h2-7H,8H2,1H3. The third kappa shape index (κ3) is 3.23.